The number of hydrogen-bond donors (Lipinski definition) is 2. The second-order valence-electron chi connectivity index (χ2n) is 4.23. The van der Waals surface area contributed by atoms with Crippen LogP contribution in [0.5, 0.6) is 0 Å². The third-order valence-corrected chi connectivity index (χ3v) is 2.74. The highest BCUT2D eigenvalue weighted by molar-refractivity contribution is 5.92. The van der Waals surface area contributed by atoms with Gasteiger partial charge in [-0.15, -0.1) is 0 Å². The number of halogens is 2. The van der Waals surface area contributed by atoms with Crippen LogP contribution in [0.25, 0.3) is 0 Å². The van der Waals surface area contributed by atoms with E-state index in [1.54, 1.807) is 6.07 Å². The summed E-state index contributed by atoms with van der Waals surface area (Å²) in [5.74, 6) is 0.397. The molecule has 1 amide bonds. The maximum atomic E-state index is 12.3. The Labute approximate surface area is 114 Å². The number of alkyl halides is 2. The van der Waals surface area contributed by atoms with E-state index in [1.165, 1.54) is 23.2 Å². The van der Waals surface area contributed by atoms with Crippen molar-refractivity contribution in [1.82, 2.24) is 25.1 Å². The Hall–Kier alpha value is -2.25. The Balaban J connectivity index is 1.78. The van der Waals surface area contributed by atoms with Gasteiger partial charge in [0.25, 0.3) is 12.3 Å². The minimum atomic E-state index is -2.49. The molecule has 0 aromatic carbocycles. The van der Waals surface area contributed by atoms with Gasteiger partial charge in [0.1, 0.15) is 17.8 Å². The molecule has 0 fully saturated rings. The summed E-state index contributed by atoms with van der Waals surface area (Å²) >= 11 is 0. The highest BCUT2D eigenvalue weighted by Gasteiger charge is 2.13. The van der Waals surface area contributed by atoms with Gasteiger partial charge >= 0.3 is 0 Å². The molecule has 0 spiro atoms. The van der Waals surface area contributed by atoms with E-state index >= 15 is 0 Å². The molecule has 0 bridgehead atoms. The van der Waals surface area contributed by atoms with Crippen molar-refractivity contribution < 1.29 is 13.6 Å². The van der Waals surface area contributed by atoms with Gasteiger partial charge < -0.3 is 9.88 Å². The second kappa shape index (κ2) is 6.78. The number of rotatable bonds is 7. The van der Waals surface area contributed by atoms with Crippen LogP contribution in [0.3, 0.4) is 0 Å². The van der Waals surface area contributed by atoms with E-state index in [0.29, 0.717) is 19.4 Å². The zero-order chi connectivity index (χ0) is 14.4. The predicted octanol–water partition coefficient (Wildman–Crippen LogP) is 1.23. The van der Waals surface area contributed by atoms with E-state index in [2.05, 4.69) is 20.5 Å². The van der Waals surface area contributed by atoms with Gasteiger partial charge in [-0.25, -0.2) is 13.8 Å². The van der Waals surface area contributed by atoms with E-state index in [1.807, 2.05) is 0 Å². The van der Waals surface area contributed by atoms with Crippen LogP contribution >= 0.6 is 0 Å². The average Bonchev–Trinajstić information content (AvgIpc) is 3.04. The fourth-order valence-electron chi connectivity index (χ4n) is 1.83. The van der Waals surface area contributed by atoms with Crippen molar-refractivity contribution in [1.29, 1.82) is 0 Å². The Morgan fingerprint density at radius 3 is 3.05 bits per heavy atom. The molecule has 2 aromatic heterocycles. The molecule has 0 saturated carbocycles. The monoisotopic (exact) mass is 283 g/mol. The Kier molecular flexibility index (Phi) is 4.80. The van der Waals surface area contributed by atoms with E-state index in [9.17, 15) is 13.6 Å². The molecule has 2 aromatic rings. The Morgan fingerprint density at radius 2 is 2.35 bits per heavy atom. The van der Waals surface area contributed by atoms with Gasteiger partial charge in [-0.2, -0.15) is 5.10 Å². The van der Waals surface area contributed by atoms with Crippen LogP contribution in [0.15, 0.2) is 24.7 Å². The lowest BCUT2D eigenvalue weighted by Crippen LogP contribution is -2.27. The van der Waals surface area contributed by atoms with Gasteiger partial charge in [0, 0.05) is 19.2 Å². The molecule has 0 atom stereocenters. The summed E-state index contributed by atoms with van der Waals surface area (Å²) in [6, 6.07) is 3.10. The van der Waals surface area contributed by atoms with Crippen molar-refractivity contribution in [3.05, 3.63) is 36.2 Å². The number of nitrogens with one attached hydrogen (secondary N) is 2. The molecule has 2 N–H and O–H groups in total. The number of H-pyrrole nitrogens is 1. The quantitative estimate of drug-likeness (QED) is 0.750. The molecule has 6 nitrogen and oxygen atoms in total. The van der Waals surface area contributed by atoms with Crippen molar-refractivity contribution >= 4 is 5.91 Å². The summed E-state index contributed by atoms with van der Waals surface area (Å²) in [5, 5.41) is 9.13. The number of hydrogen-bond acceptors (Lipinski definition) is 3. The maximum Gasteiger partial charge on any atom is 0.267 e. The molecule has 108 valence electrons. The molecule has 0 radical (unpaired) electrons. The summed E-state index contributed by atoms with van der Waals surface area (Å²) in [6.45, 7) is -0.0345. The lowest BCUT2D eigenvalue weighted by molar-refractivity contribution is 0.0930. The molecule has 0 aliphatic rings. The first-order chi connectivity index (χ1) is 9.66. The molecular formula is C12H15F2N5O. The average molecular weight is 283 g/mol. The van der Waals surface area contributed by atoms with Gasteiger partial charge in [-0.1, -0.05) is 0 Å². The first-order valence-corrected chi connectivity index (χ1v) is 6.22. The summed E-state index contributed by atoms with van der Waals surface area (Å²) in [7, 11) is 0. The molecule has 2 heterocycles. The van der Waals surface area contributed by atoms with E-state index < -0.39 is 13.0 Å². The van der Waals surface area contributed by atoms with Crippen molar-refractivity contribution in [3.8, 4) is 0 Å². The number of aromatic amines is 1. The smallest absolute Gasteiger partial charge is 0.267 e. The van der Waals surface area contributed by atoms with Gasteiger partial charge in [0.2, 0.25) is 0 Å². The summed E-state index contributed by atoms with van der Waals surface area (Å²) in [4.78, 5) is 15.8. The van der Waals surface area contributed by atoms with Crippen molar-refractivity contribution in [2.45, 2.75) is 25.8 Å². The lowest BCUT2D eigenvalue weighted by atomic mass is 10.3. The fourth-order valence-corrected chi connectivity index (χ4v) is 1.83. The molecule has 0 aliphatic heterocycles. The van der Waals surface area contributed by atoms with Crippen LogP contribution in [0.4, 0.5) is 8.78 Å². The number of carbonyl (C=O) groups is 1. The first-order valence-electron chi connectivity index (χ1n) is 6.22. The van der Waals surface area contributed by atoms with Gasteiger partial charge in [0.15, 0.2) is 0 Å². The van der Waals surface area contributed by atoms with Crippen LogP contribution in [0, 0.1) is 0 Å². The molecule has 20 heavy (non-hydrogen) atoms. The number of amides is 1. The zero-order valence-electron chi connectivity index (χ0n) is 10.7. The molecule has 2 rings (SSSR count). The Morgan fingerprint density at radius 1 is 1.50 bits per heavy atom. The minimum Gasteiger partial charge on any atom is -0.351 e. The maximum absolute atomic E-state index is 12.3. The molecule has 0 saturated heterocycles. The summed E-state index contributed by atoms with van der Waals surface area (Å²) < 4.78 is 25.9. The predicted molar refractivity (Wildman–Crippen MR) is 67.5 cm³/mol. The topological polar surface area (TPSA) is 75.6 Å². The minimum absolute atomic E-state index is 0.241. The number of aryl methyl sites for hydroxylation is 1. The largest absolute Gasteiger partial charge is 0.351 e. The first kappa shape index (κ1) is 14.2. The second-order valence-corrected chi connectivity index (χ2v) is 4.23. The fraction of sp³-hybridized carbons (Fsp3) is 0.417. The Bertz CT molecular complexity index is 538. The van der Waals surface area contributed by atoms with Crippen molar-refractivity contribution in [3.63, 3.8) is 0 Å². The van der Waals surface area contributed by atoms with Crippen LogP contribution in [0.2, 0.25) is 0 Å². The molecule has 8 heteroatoms. The zero-order valence-corrected chi connectivity index (χ0v) is 10.7. The highest BCUT2D eigenvalue weighted by Crippen LogP contribution is 2.06. The van der Waals surface area contributed by atoms with Crippen LogP contribution in [-0.4, -0.2) is 38.6 Å². The number of carbonyl (C=O) groups excluding carboxylic acids is 1. The number of aromatic nitrogens is 4. The van der Waals surface area contributed by atoms with Gasteiger partial charge in [0.05, 0.1) is 6.54 Å². The van der Waals surface area contributed by atoms with Crippen molar-refractivity contribution in [2.75, 3.05) is 6.54 Å². The van der Waals surface area contributed by atoms with Crippen LogP contribution < -0.4 is 5.32 Å². The van der Waals surface area contributed by atoms with E-state index in [0.717, 1.165) is 5.82 Å². The van der Waals surface area contributed by atoms with Crippen LogP contribution in [0.1, 0.15) is 22.7 Å². The standard InChI is InChI=1S/C12H15F2N5O/c13-10(14)7-19-6-2-3-9(19)12(20)15-5-1-4-11-16-8-17-18-11/h2-3,6,8,10H,1,4-5,7H2,(H,15,20)(H,16,17,18). The summed E-state index contributed by atoms with van der Waals surface area (Å²) in [6.07, 6.45) is 1.76. The molecular weight excluding hydrogens is 268 g/mol. The van der Waals surface area contributed by atoms with Gasteiger partial charge in [-0.3, -0.25) is 9.89 Å². The highest BCUT2D eigenvalue weighted by atomic mass is 19.3. The number of nitrogens with zero attached hydrogens (tertiary/aromatic N) is 3. The van der Waals surface area contributed by atoms with E-state index in [-0.39, 0.29) is 11.6 Å². The third-order valence-electron chi connectivity index (χ3n) is 2.74. The van der Waals surface area contributed by atoms with Gasteiger partial charge in [-0.05, 0) is 18.6 Å². The summed E-state index contributed by atoms with van der Waals surface area (Å²) in [5.41, 5.74) is 0.241. The molecule has 0 unspecified atom stereocenters. The SMILES string of the molecule is O=C(NCCCc1ncn[nH]1)c1cccn1CC(F)F. The van der Waals surface area contributed by atoms with E-state index in [4.69, 9.17) is 0 Å². The molecule has 0 aliphatic carbocycles. The lowest BCUT2D eigenvalue weighted by Gasteiger charge is -2.09. The normalized spacial score (nSPS) is 10.9. The van der Waals surface area contributed by atoms with Crippen LogP contribution in [-0.2, 0) is 13.0 Å². The van der Waals surface area contributed by atoms with Crippen molar-refractivity contribution in [2.24, 2.45) is 0 Å². The third kappa shape index (κ3) is 3.87.